The van der Waals surface area contributed by atoms with Gasteiger partial charge in [-0.15, -0.1) is 0 Å². The molecule has 0 radical (unpaired) electrons. The lowest BCUT2D eigenvalue weighted by atomic mass is 10.0. The average molecular weight is 1010 g/mol. The zero-order valence-corrected chi connectivity index (χ0v) is 37.5. The van der Waals surface area contributed by atoms with Crippen LogP contribution in [0.5, 0.6) is 0 Å². The Morgan fingerprint density at radius 2 is 0.742 bits per heavy atom. The number of anilines is 2. The summed E-state index contributed by atoms with van der Waals surface area (Å²) in [5, 5.41) is 7.50. The van der Waals surface area contributed by atoms with E-state index in [1.807, 2.05) is 36.4 Å². The molecule has 0 atom stereocenters. The first kappa shape index (κ1) is 47.2. The van der Waals surface area contributed by atoms with Gasteiger partial charge in [0.25, 0.3) is 0 Å². The molecule has 66 heavy (non-hydrogen) atoms. The lowest BCUT2D eigenvalue weighted by Gasteiger charge is -2.10. The highest BCUT2D eigenvalue weighted by Gasteiger charge is 2.36. The molecule has 2 aromatic heterocycles. The summed E-state index contributed by atoms with van der Waals surface area (Å²) in [4.78, 5) is 0. The molecule has 0 aliphatic carbocycles. The Morgan fingerprint density at radius 3 is 1.05 bits per heavy atom. The van der Waals surface area contributed by atoms with Gasteiger partial charge >= 0.3 is 12.4 Å². The summed E-state index contributed by atoms with van der Waals surface area (Å²) in [6.45, 7) is 0. The monoisotopic (exact) mass is 1010 g/mol. The van der Waals surface area contributed by atoms with Gasteiger partial charge in [0.05, 0.1) is 35.3 Å². The Balaban J connectivity index is 0.000000196. The summed E-state index contributed by atoms with van der Waals surface area (Å²) < 4.78 is 147. The predicted molar refractivity (Wildman–Crippen MR) is 243 cm³/mol. The van der Waals surface area contributed by atoms with Gasteiger partial charge in [-0.2, -0.15) is 36.5 Å². The van der Waals surface area contributed by atoms with Gasteiger partial charge in [-0.3, -0.25) is 9.44 Å². The molecule has 2 N–H and O–H groups in total. The molecule has 8 aromatic rings. The van der Waals surface area contributed by atoms with E-state index in [0.717, 1.165) is 56.1 Å². The molecule has 0 spiro atoms. The first-order valence-electron chi connectivity index (χ1n) is 19.2. The van der Waals surface area contributed by atoms with Crippen molar-refractivity contribution in [1.82, 2.24) is 19.6 Å². The Hall–Kier alpha value is -6.77. The molecular formula is C46H34BrF7N6O4S2. The lowest BCUT2D eigenvalue weighted by molar-refractivity contribution is -0.142. The molecule has 0 saturated heterocycles. The number of rotatable bonds is 10. The SMILES string of the molecule is CS(=O)(=O)Nc1ccc(-n2nc(C(F)(F)F)cc2-c2ccc(-c3ccc(Br)cc3)cc2)cc1.CS(=O)(=O)Nc1ccc(-n2nc(C(F)(F)F)cc2-c2ccc(-c3ccc(F)cc3)cc2)cc1. The first-order valence-corrected chi connectivity index (χ1v) is 23.8. The van der Waals surface area contributed by atoms with Gasteiger partial charge in [0.15, 0.2) is 11.4 Å². The van der Waals surface area contributed by atoms with E-state index in [2.05, 4.69) is 35.6 Å². The fraction of sp³-hybridized carbons (Fsp3) is 0.0870. The van der Waals surface area contributed by atoms with Crippen LogP contribution in [0.3, 0.4) is 0 Å². The molecule has 6 aromatic carbocycles. The number of hydrogen-bond acceptors (Lipinski definition) is 6. The molecule has 2 heterocycles. The van der Waals surface area contributed by atoms with Crippen LogP contribution >= 0.6 is 15.9 Å². The maximum absolute atomic E-state index is 13.4. The van der Waals surface area contributed by atoms with Gasteiger partial charge < -0.3 is 0 Å². The van der Waals surface area contributed by atoms with Gasteiger partial charge in [-0.25, -0.2) is 30.6 Å². The highest BCUT2D eigenvalue weighted by atomic mass is 79.9. The van der Waals surface area contributed by atoms with Crippen LogP contribution in [0.15, 0.2) is 162 Å². The van der Waals surface area contributed by atoms with Gasteiger partial charge in [0.1, 0.15) is 5.82 Å². The normalized spacial score (nSPS) is 12.0. The smallest absolute Gasteiger partial charge is 0.284 e. The number of sulfonamides is 2. The number of benzene rings is 6. The van der Waals surface area contributed by atoms with E-state index in [4.69, 9.17) is 0 Å². The second kappa shape index (κ2) is 18.6. The first-order chi connectivity index (χ1) is 31.0. The second-order valence-corrected chi connectivity index (χ2v) is 19.1. The van der Waals surface area contributed by atoms with Crippen LogP contribution in [0, 0.1) is 5.82 Å². The van der Waals surface area contributed by atoms with E-state index in [0.29, 0.717) is 28.2 Å². The lowest BCUT2D eigenvalue weighted by Crippen LogP contribution is -2.10. The Labute approximate surface area is 382 Å². The van der Waals surface area contributed by atoms with Crippen LogP contribution in [-0.2, 0) is 32.4 Å². The quantitative estimate of drug-likeness (QED) is 0.131. The molecule has 0 aliphatic rings. The van der Waals surface area contributed by atoms with Crippen LogP contribution in [0.25, 0.3) is 56.1 Å². The Bertz CT molecular complexity index is 2980. The third-order valence-electron chi connectivity index (χ3n) is 9.55. The molecule has 0 fully saturated rings. The van der Waals surface area contributed by atoms with Crippen molar-refractivity contribution in [2.45, 2.75) is 12.4 Å². The van der Waals surface area contributed by atoms with Gasteiger partial charge in [0.2, 0.25) is 20.0 Å². The van der Waals surface area contributed by atoms with E-state index in [-0.39, 0.29) is 22.9 Å². The van der Waals surface area contributed by atoms with Crippen LogP contribution in [0.1, 0.15) is 11.4 Å². The average Bonchev–Trinajstić information content (AvgIpc) is 3.92. The van der Waals surface area contributed by atoms with Crippen molar-refractivity contribution in [2.24, 2.45) is 0 Å². The zero-order chi connectivity index (χ0) is 47.6. The van der Waals surface area contributed by atoms with Crippen LogP contribution < -0.4 is 9.44 Å². The van der Waals surface area contributed by atoms with Crippen molar-refractivity contribution < 1.29 is 47.6 Å². The highest BCUT2D eigenvalue weighted by molar-refractivity contribution is 9.10. The standard InChI is InChI=1S/C23H17BrF3N3O2S.C23H17F4N3O2S/c2*1-33(31,32)29-19-10-12-20(13-11-19)30-21(14-22(28-30)23(25,26)27)17-4-2-15(3-5-17)16-6-8-18(24)9-7-16/h2*2-14,29H,1H3. The molecule has 0 unspecified atom stereocenters. The van der Waals surface area contributed by atoms with E-state index < -0.39 is 43.8 Å². The van der Waals surface area contributed by atoms with Crippen molar-refractivity contribution in [2.75, 3.05) is 22.0 Å². The predicted octanol–water partition coefficient (Wildman–Crippen LogP) is 12.1. The maximum Gasteiger partial charge on any atom is 0.435 e. The zero-order valence-electron chi connectivity index (χ0n) is 34.3. The number of halogens is 8. The molecule has 0 aliphatic heterocycles. The summed E-state index contributed by atoms with van der Waals surface area (Å²) >= 11 is 3.39. The van der Waals surface area contributed by atoms with Crippen LogP contribution in [-0.4, -0.2) is 48.9 Å². The third-order valence-corrected chi connectivity index (χ3v) is 11.3. The summed E-state index contributed by atoms with van der Waals surface area (Å²) in [6, 6.07) is 41.2. The molecule has 8 rings (SSSR count). The van der Waals surface area contributed by atoms with Crippen LogP contribution in [0.4, 0.5) is 42.1 Å². The largest absolute Gasteiger partial charge is 0.435 e. The fourth-order valence-electron chi connectivity index (χ4n) is 6.57. The molecule has 0 saturated carbocycles. The summed E-state index contributed by atoms with van der Waals surface area (Å²) in [7, 11) is -6.97. The summed E-state index contributed by atoms with van der Waals surface area (Å²) in [5.41, 5.74) is 4.11. The third kappa shape index (κ3) is 11.9. The summed E-state index contributed by atoms with van der Waals surface area (Å²) in [6.07, 6.45) is -7.25. The van der Waals surface area contributed by atoms with E-state index in [1.54, 1.807) is 48.5 Å². The van der Waals surface area contributed by atoms with Crippen LogP contribution in [0.2, 0.25) is 0 Å². The van der Waals surface area contributed by atoms with E-state index in [9.17, 15) is 47.6 Å². The minimum absolute atomic E-state index is 0.205. The van der Waals surface area contributed by atoms with Gasteiger partial charge in [-0.05, 0) is 107 Å². The van der Waals surface area contributed by atoms with Gasteiger partial charge in [-0.1, -0.05) is 88.7 Å². The maximum atomic E-state index is 13.4. The molecule has 340 valence electrons. The van der Waals surface area contributed by atoms with E-state index in [1.165, 1.54) is 65.3 Å². The Morgan fingerprint density at radius 1 is 0.455 bits per heavy atom. The number of nitrogens with one attached hydrogen (secondary N) is 2. The van der Waals surface area contributed by atoms with Crippen molar-refractivity contribution in [3.8, 4) is 56.1 Å². The minimum atomic E-state index is -4.65. The van der Waals surface area contributed by atoms with E-state index >= 15 is 0 Å². The molecule has 0 amide bonds. The number of hydrogen-bond donors (Lipinski definition) is 2. The minimum Gasteiger partial charge on any atom is -0.284 e. The molecule has 0 bridgehead atoms. The molecule has 10 nitrogen and oxygen atoms in total. The molecular weight excluding hydrogens is 978 g/mol. The topological polar surface area (TPSA) is 128 Å². The summed E-state index contributed by atoms with van der Waals surface area (Å²) in [5.74, 6) is -0.364. The Kier molecular flexibility index (Phi) is 13.3. The van der Waals surface area contributed by atoms with Gasteiger partial charge in [0, 0.05) is 27.0 Å². The van der Waals surface area contributed by atoms with Crippen molar-refractivity contribution >= 4 is 47.4 Å². The molecule has 20 heteroatoms. The number of nitrogens with zero attached hydrogens (tertiary/aromatic N) is 4. The highest BCUT2D eigenvalue weighted by Crippen LogP contribution is 2.36. The number of alkyl halides is 6. The number of aromatic nitrogens is 4. The van der Waals surface area contributed by atoms with Crippen molar-refractivity contribution in [1.29, 1.82) is 0 Å². The van der Waals surface area contributed by atoms with Crippen molar-refractivity contribution in [3.05, 3.63) is 179 Å². The van der Waals surface area contributed by atoms with Crippen molar-refractivity contribution in [3.63, 3.8) is 0 Å². The second-order valence-electron chi connectivity index (χ2n) is 14.7. The fourth-order valence-corrected chi connectivity index (χ4v) is 7.96.